The molecule has 3 nitrogen and oxygen atoms in total. The maximum atomic E-state index is 12.7. The van der Waals surface area contributed by atoms with Crippen molar-refractivity contribution in [3.8, 4) is 0 Å². The largest absolute Gasteiger partial charge is 0.406 e. The number of rotatable bonds is 6. The van der Waals surface area contributed by atoms with Gasteiger partial charge in [0.05, 0.1) is 10.7 Å². The maximum Gasteiger partial charge on any atom is 0.406 e. The summed E-state index contributed by atoms with van der Waals surface area (Å²) in [6, 6.07) is 9.57. The third-order valence-electron chi connectivity index (χ3n) is 3.24. The Bertz CT molecular complexity index is 710. The summed E-state index contributed by atoms with van der Waals surface area (Å²) in [5.74, 6) is -0.665. The normalized spacial score (nSPS) is 11.3. The molecular formula is C17H17F3N2OS. The molecule has 7 heteroatoms. The van der Waals surface area contributed by atoms with Crippen molar-refractivity contribution in [1.29, 1.82) is 0 Å². The van der Waals surface area contributed by atoms with Gasteiger partial charge in [-0.05, 0) is 12.5 Å². The van der Waals surface area contributed by atoms with Gasteiger partial charge in [0.15, 0.2) is 0 Å². The number of nitrogens with zero attached hydrogens (tertiary/aromatic N) is 2. The summed E-state index contributed by atoms with van der Waals surface area (Å²) in [7, 11) is 0. The fraction of sp³-hybridized carbons (Fsp3) is 0.294. The summed E-state index contributed by atoms with van der Waals surface area (Å²) < 4.78 is 38.0. The highest BCUT2D eigenvalue weighted by Gasteiger charge is 2.34. The summed E-state index contributed by atoms with van der Waals surface area (Å²) in [4.78, 5) is 17.8. The lowest BCUT2D eigenvalue weighted by Gasteiger charge is -2.22. The number of benzene rings is 1. The smallest absolute Gasteiger partial charge is 0.325 e. The van der Waals surface area contributed by atoms with Crippen molar-refractivity contribution in [2.45, 2.75) is 19.5 Å². The van der Waals surface area contributed by atoms with E-state index in [-0.39, 0.29) is 11.4 Å². The van der Waals surface area contributed by atoms with Gasteiger partial charge in [-0.2, -0.15) is 13.2 Å². The quantitative estimate of drug-likeness (QED) is 0.727. The van der Waals surface area contributed by atoms with Crippen LogP contribution in [0.5, 0.6) is 0 Å². The Hall–Kier alpha value is -2.15. The lowest BCUT2D eigenvalue weighted by atomic mass is 10.2. The molecule has 128 valence electrons. The average Bonchev–Trinajstić information content (AvgIpc) is 2.86. The number of halogens is 3. The first-order valence-corrected chi connectivity index (χ1v) is 8.09. The van der Waals surface area contributed by atoms with Gasteiger partial charge in [-0.1, -0.05) is 36.4 Å². The number of hydrogen-bond donors (Lipinski definition) is 0. The van der Waals surface area contributed by atoms with Crippen LogP contribution in [-0.4, -0.2) is 35.1 Å². The molecule has 0 saturated heterocycles. The molecule has 0 radical (unpaired) electrons. The molecule has 0 unspecified atom stereocenters. The van der Waals surface area contributed by atoms with E-state index in [4.69, 9.17) is 0 Å². The fourth-order valence-corrected chi connectivity index (χ4v) is 3.30. The zero-order valence-corrected chi connectivity index (χ0v) is 14.0. The molecule has 0 aliphatic rings. The number of hydrogen-bond acceptors (Lipinski definition) is 3. The molecule has 0 atom stereocenters. The minimum absolute atomic E-state index is 0.163. The van der Waals surface area contributed by atoms with E-state index in [9.17, 15) is 18.0 Å². The van der Waals surface area contributed by atoms with Gasteiger partial charge >= 0.3 is 6.18 Å². The summed E-state index contributed by atoms with van der Waals surface area (Å²) >= 11 is 1.14. The number of aromatic nitrogens is 1. The van der Waals surface area contributed by atoms with E-state index in [1.54, 1.807) is 6.92 Å². The highest BCUT2D eigenvalue weighted by Crippen LogP contribution is 2.24. The lowest BCUT2D eigenvalue weighted by Crippen LogP contribution is -2.39. The third kappa shape index (κ3) is 4.92. The molecule has 1 aromatic carbocycles. The number of thiazole rings is 1. The minimum atomic E-state index is -4.45. The lowest BCUT2D eigenvalue weighted by molar-refractivity contribution is -0.139. The van der Waals surface area contributed by atoms with Gasteiger partial charge in [0, 0.05) is 13.0 Å². The van der Waals surface area contributed by atoms with Crippen LogP contribution in [0.4, 0.5) is 13.2 Å². The molecular weight excluding hydrogens is 337 g/mol. The standard InChI is InChI=1S/C17H17F3N2OS/c1-3-9-22(11-17(18,19)20)16(23)15-12(2)21-14(24-15)10-13-7-5-4-6-8-13/h3-8H,1,9-11H2,2H3. The highest BCUT2D eigenvalue weighted by molar-refractivity contribution is 7.13. The van der Waals surface area contributed by atoms with Crippen LogP contribution in [0.2, 0.25) is 0 Å². The molecule has 0 N–H and O–H groups in total. The Morgan fingerprint density at radius 2 is 2.00 bits per heavy atom. The number of carbonyl (C=O) groups excluding carboxylic acids is 1. The molecule has 0 aliphatic carbocycles. The van der Waals surface area contributed by atoms with E-state index in [1.165, 1.54) is 6.08 Å². The van der Waals surface area contributed by atoms with Gasteiger partial charge < -0.3 is 4.90 Å². The van der Waals surface area contributed by atoms with Gasteiger partial charge in [-0.15, -0.1) is 17.9 Å². The Morgan fingerprint density at radius 3 is 2.58 bits per heavy atom. The number of carbonyl (C=O) groups is 1. The fourth-order valence-electron chi connectivity index (χ4n) is 2.23. The zero-order chi connectivity index (χ0) is 17.7. The van der Waals surface area contributed by atoms with E-state index in [0.717, 1.165) is 21.8 Å². The summed E-state index contributed by atoms with van der Waals surface area (Å²) in [6.07, 6.45) is -2.63. The van der Waals surface area contributed by atoms with Crippen LogP contribution in [0.1, 0.15) is 25.9 Å². The van der Waals surface area contributed by atoms with Gasteiger partial charge in [-0.3, -0.25) is 4.79 Å². The summed E-state index contributed by atoms with van der Waals surface area (Å²) in [6.45, 7) is 3.59. The van der Waals surface area contributed by atoms with E-state index in [1.807, 2.05) is 30.3 Å². The minimum Gasteiger partial charge on any atom is -0.325 e. The Labute approximate surface area is 142 Å². The number of alkyl halides is 3. The zero-order valence-electron chi connectivity index (χ0n) is 13.1. The van der Waals surface area contributed by atoms with Crippen molar-refractivity contribution in [1.82, 2.24) is 9.88 Å². The second kappa shape index (κ2) is 7.61. The summed E-state index contributed by atoms with van der Waals surface area (Å²) in [5.41, 5.74) is 1.48. The topological polar surface area (TPSA) is 33.2 Å². The van der Waals surface area contributed by atoms with Crippen LogP contribution in [0.25, 0.3) is 0 Å². The Morgan fingerprint density at radius 1 is 1.33 bits per heavy atom. The molecule has 1 amide bonds. The Balaban J connectivity index is 2.20. The van der Waals surface area contributed by atoms with E-state index in [2.05, 4.69) is 11.6 Å². The SMILES string of the molecule is C=CCN(CC(F)(F)F)C(=O)c1sc(Cc2ccccc2)nc1C. The number of aryl methyl sites for hydroxylation is 1. The molecule has 0 saturated carbocycles. The molecule has 1 aromatic heterocycles. The molecule has 0 fully saturated rings. The predicted octanol–water partition coefficient (Wildman–Crippen LogP) is 4.23. The van der Waals surface area contributed by atoms with Crippen LogP contribution in [-0.2, 0) is 6.42 Å². The number of amides is 1. The van der Waals surface area contributed by atoms with Gasteiger partial charge in [-0.25, -0.2) is 4.98 Å². The van der Waals surface area contributed by atoms with Gasteiger partial charge in [0.2, 0.25) is 0 Å². The predicted molar refractivity (Wildman–Crippen MR) is 88.3 cm³/mol. The summed E-state index contributed by atoms with van der Waals surface area (Å²) in [5, 5.41) is 0.701. The van der Waals surface area contributed by atoms with Crippen molar-refractivity contribution in [2.75, 3.05) is 13.1 Å². The second-order valence-electron chi connectivity index (χ2n) is 5.27. The van der Waals surface area contributed by atoms with Crippen molar-refractivity contribution >= 4 is 17.2 Å². The average molecular weight is 354 g/mol. The molecule has 2 aromatic rings. The molecule has 24 heavy (non-hydrogen) atoms. The molecule has 2 rings (SSSR count). The first kappa shape index (κ1) is 18.2. The van der Waals surface area contributed by atoms with Crippen LogP contribution in [0.15, 0.2) is 43.0 Å². The van der Waals surface area contributed by atoms with Gasteiger partial charge in [0.25, 0.3) is 5.91 Å². The van der Waals surface area contributed by atoms with E-state index < -0.39 is 18.6 Å². The third-order valence-corrected chi connectivity index (χ3v) is 4.39. The van der Waals surface area contributed by atoms with E-state index >= 15 is 0 Å². The maximum absolute atomic E-state index is 12.7. The van der Waals surface area contributed by atoms with Crippen molar-refractivity contribution < 1.29 is 18.0 Å². The van der Waals surface area contributed by atoms with Crippen LogP contribution in [0, 0.1) is 6.92 Å². The highest BCUT2D eigenvalue weighted by atomic mass is 32.1. The molecule has 0 aliphatic heterocycles. The van der Waals surface area contributed by atoms with Crippen LogP contribution < -0.4 is 0 Å². The van der Waals surface area contributed by atoms with Crippen molar-refractivity contribution in [3.63, 3.8) is 0 Å². The molecule has 0 spiro atoms. The van der Waals surface area contributed by atoms with E-state index in [0.29, 0.717) is 17.1 Å². The first-order valence-electron chi connectivity index (χ1n) is 7.27. The second-order valence-corrected chi connectivity index (χ2v) is 6.36. The van der Waals surface area contributed by atoms with Crippen molar-refractivity contribution in [3.05, 3.63) is 64.1 Å². The van der Waals surface area contributed by atoms with Crippen LogP contribution >= 0.6 is 11.3 Å². The van der Waals surface area contributed by atoms with Gasteiger partial charge in [0.1, 0.15) is 11.4 Å². The molecule has 1 heterocycles. The van der Waals surface area contributed by atoms with Crippen LogP contribution in [0.3, 0.4) is 0 Å². The Kier molecular flexibility index (Phi) is 5.77. The first-order chi connectivity index (χ1) is 11.3. The van der Waals surface area contributed by atoms with Crippen molar-refractivity contribution in [2.24, 2.45) is 0 Å². The molecule has 0 bridgehead atoms. The monoisotopic (exact) mass is 354 g/mol.